The molecule has 3 heterocycles. The molecule has 6 nitrogen and oxygen atoms in total. The van der Waals surface area contributed by atoms with Crippen molar-refractivity contribution >= 4 is 11.6 Å². The minimum atomic E-state index is -0.472. The standard InChI is InChI=1S/C18H13ClN4O2/c1-9-15-16(12(8-20)17(21)25-18(15)23-22-9)14-6-5-13(24-14)10-3-2-4-11(19)7-10/h2-7,16H,21H2,1H3,(H,22,23)/t16-/m0/s1. The second-order valence-corrected chi connectivity index (χ2v) is 6.14. The van der Waals surface area contributed by atoms with Gasteiger partial charge in [0.25, 0.3) is 0 Å². The van der Waals surface area contributed by atoms with E-state index in [1.807, 2.05) is 37.3 Å². The molecule has 0 amide bonds. The second kappa shape index (κ2) is 5.72. The summed E-state index contributed by atoms with van der Waals surface area (Å²) in [7, 11) is 0. The van der Waals surface area contributed by atoms with Gasteiger partial charge in [-0.1, -0.05) is 23.7 Å². The Bertz CT molecular complexity index is 1040. The maximum absolute atomic E-state index is 9.55. The van der Waals surface area contributed by atoms with E-state index in [0.29, 0.717) is 28.0 Å². The SMILES string of the molecule is Cc1[nH]nc2c1[C@H](c1ccc(-c3cccc(Cl)c3)o1)C(C#N)=C(N)O2. The average molecular weight is 353 g/mol. The molecule has 0 saturated heterocycles. The first kappa shape index (κ1) is 15.4. The molecule has 0 radical (unpaired) electrons. The Morgan fingerprint density at radius 2 is 2.16 bits per heavy atom. The molecule has 3 aromatic rings. The third-order valence-corrected chi connectivity index (χ3v) is 4.38. The number of hydrogen-bond acceptors (Lipinski definition) is 5. The summed E-state index contributed by atoms with van der Waals surface area (Å²) in [6, 6.07) is 13.2. The van der Waals surface area contributed by atoms with Crippen LogP contribution in [-0.2, 0) is 0 Å². The van der Waals surface area contributed by atoms with Gasteiger partial charge in [0.05, 0.1) is 11.5 Å². The van der Waals surface area contributed by atoms with Crippen LogP contribution in [0, 0.1) is 18.3 Å². The third-order valence-electron chi connectivity index (χ3n) is 4.15. The highest BCUT2D eigenvalue weighted by atomic mass is 35.5. The van der Waals surface area contributed by atoms with Crippen molar-refractivity contribution in [3.63, 3.8) is 0 Å². The number of halogens is 1. The smallest absolute Gasteiger partial charge is 0.244 e. The monoisotopic (exact) mass is 352 g/mol. The van der Waals surface area contributed by atoms with Crippen LogP contribution in [0.1, 0.15) is 22.9 Å². The van der Waals surface area contributed by atoms with Crippen molar-refractivity contribution in [1.29, 1.82) is 5.26 Å². The summed E-state index contributed by atoms with van der Waals surface area (Å²) in [4.78, 5) is 0. The summed E-state index contributed by atoms with van der Waals surface area (Å²) < 4.78 is 11.5. The number of hydrogen-bond donors (Lipinski definition) is 2. The topological polar surface area (TPSA) is 101 Å². The third kappa shape index (κ3) is 2.46. The number of furan rings is 1. The van der Waals surface area contributed by atoms with Gasteiger partial charge in [0.1, 0.15) is 23.2 Å². The Balaban J connectivity index is 1.84. The highest BCUT2D eigenvalue weighted by Gasteiger charge is 2.36. The van der Waals surface area contributed by atoms with Gasteiger partial charge in [-0.15, -0.1) is 5.10 Å². The summed E-state index contributed by atoms with van der Waals surface area (Å²) >= 11 is 6.05. The summed E-state index contributed by atoms with van der Waals surface area (Å²) in [5, 5.41) is 17.1. The molecule has 1 atom stereocenters. The molecule has 124 valence electrons. The van der Waals surface area contributed by atoms with Crippen molar-refractivity contribution in [1.82, 2.24) is 10.2 Å². The molecule has 3 N–H and O–H groups in total. The summed E-state index contributed by atoms with van der Waals surface area (Å²) in [6.07, 6.45) is 0. The van der Waals surface area contributed by atoms with Gasteiger partial charge in [-0.05, 0) is 31.2 Å². The molecule has 0 aliphatic carbocycles. The first-order valence-electron chi connectivity index (χ1n) is 7.56. The van der Waals surface area contributed by atoms with Crippen LogP contribution < -0.4 is 10.5 Å². The first-order valence-corrected chi connectivity index (χ1v) is 7.94. The Morgan fingerprint density at radius 1 is 1.32 bits per heavy atom. The lowest BCUT2D eigenvalue weighted by Crippen LogP contribution is -2.20. The zero-order valence-corrected chi connectivity index (χ0v) is 14.0. The predicted molar refractivity (Wildman–Crippen MR) is 91.8 cm³/mol. The van der Waals surface area contributed by atoms with E-state index in [2.05, 4.69) is 16.3 Å². The maximum Gasteiger partial charge on any atom is 0.244 e. The lowest BCUT2D eigenvalue weighted by molar-refractivity contribution is 0.371. The van der Waals surface area contributed by atoms with Crippen LogP contribution in [0.5, 0.6) is 5.88 Å². The number of ether oxygens (including phenoxy) is 1. The Morgan fingerprint density at radius 3 is 2.92 bits per heavy atom. The molecule has 0 saturated carbocycles. The van der Waals surface area contributed by atoms with E-state index in [9.17, 15) is 5.26 Å². The number of nitrogens with two attached hydrogens (primary N) is 1. The number of aryl methyl sites for hydroxylation is 1. The van der Waals surface area contributed by atoms with Gasteiger partial charge in [0, 0.05) is 16.3 Å². The molecule has 1 aromatic carbocycles. The van der Waals surface area contributed by atoms with Crippen LogP contribution in [0.2, 0.25) is 5.02 Å². The summed E-state index contributed by atoms with van der Waals surface area (Å²) in [5.74, 6) is 1.17. The molecule has 1 aliphatic heterocycles. The molecule has 0 fully saturated rings. The van der Waals surface area contributed by atoms with E-state index in [-0.39, 0.29) is 5.88 Å². The van der Waals surface area contributed by atoms with Gasteiger partial charge < -0.3 is 14.9 Å². The van der Waals surface area contributed by atoms with Crippen LogP contribution >= 0.6 is 11.6 Å². The lowest BCUT2D eigenvalue weighted by atomic mass is 9.88. The van der Waals surface area contributed by atoms with Gasteiger partial charge in [-0.3, -0.25) is 5.10 Å². The highest BCUT2D eigenvalue weighted by Crippen LogP contribution is 2.43. The predicted octanol–water partition coefficient (Wildman–Crippen LogP) is 3.85. The number of fused-ring (bicyclic) bond motifs is 1. The number of allylic oxidation sites excluding steroid dienone is 1. The fourth-order valence-corrected chi connectivity index (χ4v) is 3.18. The second-order valence-electron chi connectivity index (χ2n) is 5.70. The normalized spacial score (nSPS) is 16.3. The summed E-state index contributed by atoms with van der Waals surface area (Å²) in [5.41, 5.74) is 8.59. The molecule has 7 heteroatoms. The quantitative estimate of drug-likeness (QED) is 0.729. The highest BCUT2D eigenvalue weighted by molar-refractivity contribution is 6.30. The Labute approximate surface area is 148 Å². The number of aromatic amines is 1. The van der Waals surface area contributed by atoms with Crippen LogP contribution in [0.25, 0.3) is 11.3 Å². The van der Waals surface area contributed by atoms with E-state index in [4.69, 9.17) is 26.5 Å². The molecular weight excluding hydrogens is 340 g/mol. The Kier molecular flexibility index (Phi) is 3.52. The van der Waals surface area contributed by atoms with Crippen molar-refractivity contribution in [2.24, 2.45) is 5.73 Å². The van der Waals surface area contributed by atoms with Gasteiger partial charge >= 0.3 is 0 Å². The number of nitrogens with one attached hydrogen (secondary N) is 1. The molecule has 0 bridgehead atoms. The minimum Gasteiger partial charge on any atom is -0.460 e. The van der Waals surface area contributed by atoms with Gasteiger partial charge in [-0.25, -0.2) is 0 Å². The van der Waals surface area contributed by atoms with Crippen LogP contribution in [0.15, 0.2) is 52.3 Å². The largest absolute Gasteiger partial charge is 0.460 e. The van der Waals surface area contributed by atoms with Crippen molar-refractivity contribution in [2.75, 3.05) is 0 Å². The van der Waals surface area contributed by atoms with E-state index in [1.165, 1.54) is 0 Å². The molecule has 0 unspecified atom stereocenters. The van der Waals surface area contributed by atoms with Gasteiger partial charge in [-0.2, -0.15) is 5.26 Å². The van der Waals surface area contributed by atoms with E-state index in [1.54, 1.807) is 6.07 Å². The van der Waals surface area contributed by atoms with Crippen molar-refractivity contribution in [3.05, 3.63) is 69.9 Å². The van der Waals surface area contributed by atoms with E-state index < -0.39 is 5.92 Å². The van der Waals surface area contributed by atoms with Crippen molar-refractivity contribution in [2.45, 2.75) is 12.8 Å². The number of nitrogens with zero attached hydrogens (tertiary/aromatic N) is 2. The van der Waals surface area contributed by atoms with Crippen molar-refractivity contribution < 1.29 is 9.15 Å². The molecule has 1 aliphatic rings. The molecule has 4 rings (SSSR count). The molecule has 0 spiro atoms. The number of benzene rings is 1. The zero-order valence-electron chi connectivity index (χ0n) is 13.2. The van der Waals surface area contributed by atoms with Gasteiger partial charge in [0.2, 0.25) is 11.8 Å². The van der Waals surface area contributed by atoms with Crippen LogP contribution in [-0.4, -0.2) is 10.2 Å². The van der Waals surface area contributed by atoms with Crippen LogP contribution in [0.3, 0.4) is 0 Å². The number of aromatic nitrogens is 2. The maximum atomic E-state index is 9.55. The number of nitriles is 1. The first-order chi connectivity index (χ1) is 12.1. The lowest BCUT2D eigenvalue weighted by Gasteiger charge is -2.21. The molecule has 25 heavy (non-hydrogen) atoms. The molecular formula is C18H13ClN4O2. The fraction of sp³-hybridized carbons (Fsp3) is 0.111. The fourth-order valence-electron chi connectivity index (χ4n) is 2.99. The summed E-state index contributed by atoms with van der Waals surface area (Å²) in [6.45, 7) is 1.86. The number of rotatable bonds is 2. The van der Waals surface area contributed by atoms with E-state index >= 15 is 0 Å². The average Bonchev–Trinajstić information content (AvgIpc) is 3.21. The van der Waals surface area contributed by atoms with E-state index in [0.717, 1.165) is 16.8 Å². The number of H-pyrrole nitrogens is 1. The molecule has 2 aromatic heterocycles. The van der Waals surface area contributed by atoms with Crippen LogP contribution in [0.4, 0.5) is 0 Å². The van der Waals surface area contributed by atoms with Crippen molar-refractivity contribution in [3.8, 4) is 23.3 Å². The zero-order chi connectivity index (χ0) is 17.6. The van der Waals surface area contributed by atoms with Gasteiger partial charge in [0.15, 0.2) is 0 Å². The Hall–Kier alpha value is -3.17. The minimum absolute atomic E-state index is 0.0344.